The second-order valence-corrected chi connectivity index (χ2v) is 5.45. The van der Waals surface area contributed by atoms with Crippen LogP contribution >= 0.6 is 0 Å². The maximum atomic E-state index is 12.6. The Morgan fingerprint density at radius 2 is 1.60 bits per heavy atom. The predicted molar refractivity (Wildman–Crippen MR) is 97.1 cm³/mol. The summed E-state index contributed by atoms with van der Waals surface area (Å²) < 4.78 is 11.0. The van der Waals surface area contributed by atoms with Gasteiger partial charge in [-0.05, 0) is 42.0 Å². The minimum absolute atomic E-state index is 0.186. The molecule has 0 radical (unpaired) electrons. The van der Waals surface area contributed by atoms with E-state index < -0.39 is 0 Å². The van der Waals surface area contributed by atoms with E-state index in [0.29, 0.717) is 23.6 Å². The van der Waals surface area contributed by atoms with E-state index in [0.717, 1.165) is 11.3 Å². The van der Waals surface area contributed by atoms with Crippen LogP contribution in [0.1, 0.15) is 15.9 Å². The molecule has 0 aliphatic heterocycles. The van der Waals surface area contributed by atoms with Crippen LogP contribution in [0.4, 0.5) is 0 Å². The molecule has 0 fully saturated rings. The zero-order chi connectivity index (χ0) is 17.5. The Kier molecular flexibility index (Phi) is 5.32. The zero-order valence-corrected chi connectivity index (χ0v) is 13.9. The summed E-state index contributed by atoms with van der Waals surface area (Å²) in [7, 11) is 1.62. The highest BCUT2D eigenvalue weighted by molar-refractivity contribution is 5.96. The minimum Gasteiger partial charge on any atom is -0.497 e. The monoisotopic (exact) mass is 333 g/mol. The molecular formula is C21H19NO3. The third-order valence-electron chi connectivity index (χ3n) is 3.69. The van der Waals surface area contributed by atoms with Gasteiger partial charge in [0, 0.05) is 6.54 Å². The third kappa shape index (κ3) is 4.38. The lowest BCUT2D eigenvalue weighted by Crippen LogP contribution is -2.23. The van der Waals surface area contributed by atoms with Crippen LogP contribution in [0.3, 0.4) is 0 Å². The molecule has 3 rings (SSSR count). The molecule has 1 N–H and O–H groups in total. The Bertz CT molecular complexity index is 847. The van der Waals surface area contributed by atoms with Gasteiger partial charge in [-0.25, -0.2) is 0 Å². The zero-order valence-electron chi connectivity index (χ0n) is 13.9. The SMILES string of the molecule is COc1cccc(CNC(=O)c2ccccc2Oc2ccccc2)c1. The number of hydrogen-bond donors (Lipinski definition) is 1. The molecule has 0 saturated carbocycles. The second kappa shape index (κ2) is 8.02. The fourth-order valence-corrected chi connectivity index (χ4v) is 2.42. The normalized spacial score (nSPS) is 10.1. The van der Waals surface area contributed by atoms with Gasteiger partial charge in [0.1, 0.15) is 17.2 Å². The number of para-hydroxylation sites is 2. The van der Waals surface area contributed by atoms with Crippen molar-refractivity contribution in [2.24, 2.45) is 0 Å². The molecule has 0 unspecified atom stereocenters. The van der Waals surface area contributed by atoms with Crippen LogP contribution in [0.15, 0.2) is 78.9 Å². The number of carbonyl (C=O) groups is 1. The standard InChI is InChI=1S/C21H19NO3/c1-24-18-11-7-8-16(14-18)15-22-21(23)19-12-5-6-13-20(19)25-17-9-3-2-4-10-17/h2-14H,15H2,1H3,(H,22,23). The quantitative estimate of drug-likeness (QED) is 0.726. The molecule has 0 aliphatic rings. The molecule has 4 heteroatoms. The first kappa shape index (κ1) is 16.6. The van der Waals surface area contributed by atoms with Crippen LogP contribution in [-0.4, -0.2) is 13.0 Å². The molecule has 0 aromatic heterocycles. The van der Waals surface area contributed by atoms with Crippen molar-refractivity contribution in [1.82, 2.24) is 5.32 Å². The third-order valence-corrected chi connectivity index (χ3v) is 3.69. The van der Waals surface area contributed by atoms with Crippen LogP contribution < -0.4 is 14.8 Å². The van der Waals surface area contributed by atoms with Crippen LogP contribution in [0.2, 0.25) is 0 Å². The number of nitrogens with one attached hydrogen (secondary N) is 1. The fourth-order valence-electron chi connectivity index (χ4n) is 2.42. The van der Waals surface area contributed by atoms with E-state index in [-0.39, 0.29) is 5.91 Å². The summed E-state index contributed by atoms with van der Waals surface area (Å²) in [6.45, 7) is 0.412. The van der Waals surface area contributed by atoms with Crippen molar-refractivity contribution >= 4 is 5.91 Å². The van der Waals surface area contributed by atoms with Crippen molar-refractivity contribution in [3.63, 3.8) is 0 Å². The molecule has 0 heterocycles. The smallest absolute Gasteiger partial charge is 0.255 e. The van der Waals surface area contributed by atoms with Gasteiger partial charge in [0.2, 0.25) is 0 Å². The van der Waals surface area contributed by atoms with E-state index in [2.05, 4.69) is 5.32 Å². The van der Waals surface area contributed by atoms with Crippen LogP contribution in [0, 0.1) is 0 Å². The molecule has 0 spiro atoms. The number of hydrogen-bond acceptors (Lipinski definition) is 3. The van der Waals surface area contributed by atoms with E-state index >= 15 is 0 Å². The summed E-state index contributed by atoms with van der Waals surface area (Å²) >= 11 is 0. The average molecular weight is 333 g/mol. The highest BCUT2D eigenvalue weighted by atomic mass is 16.5. The fraction of sp³-hybridized carbons (Fsp3) is 0.0952. The number of rotatable bonds is 6. The maximum Gasteiger partial charge on any atom is 0.255 e. The van der Waals surface area contributed by atoms with Gasteiger partial charge in [-0.15, -0.1) is 0 Å². The van der Waals surface area contributed by atoms with Gasteiger partial charge in [-0.2, -0.15) is 0 Å². The summed E-state index contributed by atoms with van der Waals surface area (Å²) in [6.07, 6.45) is 0. The lowest BCUT2D eigenvalue weighted by Gasteiger charge is -2.12. The number of methoxy groups -OCH3 is 1. The Morgan fingerprint density at radius 3 is 2.40 bits per heavy atom. The Labute approximate surface area is 147 Å². The van der Waals surface area contributed by atoms with Crippen molar-refractivity contribution in [3.05, 3.63) is 90.0 Å². The average Bonchev–Trinajstić information content (AvgIpc) is 2.67. The lowest BCUT2D eigenvalue weighted by molar-refractivity contribution is 0.0948. The van der Waals surface area contributed by atoms with Gasteiger partial charge in [0.25, 0.3) is 5.91 Å². The van der Waals surface area contributed by atoms with Gasteiger partial charge in [-0.3, -0.25) is 4.79 Å². The predicted octanol–water partition coefficient (Wildman–Crippen LogP) is 4.42. The molecule has 0 atom stereocenters. The van der Waals surface area contributed by atoms with E-state index in [1.165, 1.54) is 0 Å². The van der Waals surface area contributed by atoms with E-state index in [1.54, 1.807) is 19.2 Å². The van der Waals surface area contributed by atoms with E-state index in [9.17, 15) is 4.79 Å². The highest BCUT2D eigenvalue weighted by Gasteiger charge is 2.12. The highest BCUT2D eigenvalue weighted by Crippen LogP contribution is 2.25. The molecule has 0 aliphatic carbocycles. The van der Waals surface area contributed by atoms with Crippen molar-refractivity contribution in [1.29, 1.82) is 0 Å². The molecular weight excluding hydrogens is 314 g/mol. The topological polar surface area (TPSA) is 47.6 Å². The van der Waals surface area contributed by atoms with Crippen molar-refractivity contribution < 1.29 is 14.3 Å². The molecule has 3 aromatic carbocycles. The van der Waals surface area contributed by atoms with Crippen molar-refractivity contribution in [3.8, 4) is 17.2 Å². The first-order chi connectivity index (χ1) is 12.3. The number of carbonyl (C=O) groups excluding carboxylic acids is 1. The van der Waals surface area contributed by atoms with Gasteiger partial charge < -0.3 is 14.8 Å². The van der Waals surface area contributed by atoms with Crippen LogP contribution in [-0.2, 0) is 6.54 Å². The largest absolute Gasteiger partial charge is 0.497 e. The van der Waals surface area contributed by atoms with Crippen molar-refractivity contribution in [2.45, 2.75) is 6.54 Å². The summed E-state index contributed by atoms with van der Waals surface area (Å²) in [6, 6.07) is 24.2. The number of amides is 1. The van der Waals surface area contributed by atoms with Gasteiger partial charge in [0.15, 0.2) is 0 Å². The van der Waals surface area contributed by atoms with Gasteiger partial charge in [-0.1, -0.05) is 42.5 Å². The molecule has 0 bridgehead atoms. The first-order valence-electron chi connectivity index (χ1n) is 7.99. The summed E-state index contributed by atoms with van der Waals surface area (Å²) in [5, 5.41) is 2.92. The maximum absolute atomic E-state index is 12.6. The van der Waals surface area contributed by atoms with Gasteiger partial charge in [0.05, 0.1) is 12.7 Å². The van der Waals surface area contributed by atoms with Gasteiger partial charge >= 0.3 is 0 Å². The van der Waals surface area contributed by atoms with E-state index in [1.807, 2.05) is 66.7 Å². The number of ether oxygens (including phenoxy) is 2. The molecule has 126 valence electrons. The first-order valence-corrected chi connectivity index (χ1v) is 7.99. The molecule has 1 amide bonds. The lowest BCUT2D eigenvalue weighted by atomic mass is 10.1. The van der Waals surface area contributed by atoms with E-state index in [4.69, 9.17) is 9.47 Å². The van der Waals surface area contributed by atoms with Crippen LogP contribution in [0.25, 0.3) is 0 Å². The molecule has 4 nitrogen and oxygen atoms in total. The minimum atomic E-state index is -0.186. The summed E-state index contributed by atoms with van der Waals surface area (Å²) in [5.74, 6) is 1.79. The molecule has 3 aromatic rings. The van der Waals surface area contributed by atoms with Crippen LogP contribution in [0.5, 0.6) is 17.2 Å². The number of benzene rings is 3. The summed E-state index contributed by atoms with van der Waals surface area (Å²) in [5.41, 5.74) is 1.46. The Balaban J connectivity index is 1.71. The van der Waals surface area contributed by atoms with Crippen molar-refractivity contribution in [2.75, 3.05) is 7.11 Å². The molecule has 0 saturated heterocycles. The second-order valence-electron chi connectivity index (χ2n) is 5.45. The summed E-state index contributed by atoms with van der Waals surface area (Å²) in [4.78, 5) is 12.6. The Hall–Kier alpha value is -3.27. The Morgan fingerprint density at radius 1 is 0.880 bits per heavy atom. The molecule has 25 heavy (non-hydrogen) atoms.